The first-order valence-corrected chi connectivity index (χ1v) is 5.60. The van der Waals surface area contributed by atoms with Gasteiger partial charge in [0, 0.05) is 6.42 Å². The van der Waals surface area contributed by atoms with Crippen molar-refractivity contribution in [1.29, 1.82) is 0 Å². The zero-order valence-electron chi connectivity index (χ0n) is 9.15. The molecule has 0 radical (unpaired) electrons. The molecule has 0 saturated heterocycles. The lowest BCUT2D eigenvalue weighted by Gasteiger charge is -2.14. The van der Waals surface area contributed by atoms with Crippen LogP contribution in [-0.2, 0) is 4.79 Å². The molecule has 0 fully saturated rings. The average molecular weight is 243 g/mol. The summed E-state index contributed by atoms with van der Waals surface area (Å²) in [5.74, 6) is -0.128. The number of carboxylic acid groups (broad SMARTS) is 1. The highest BCUT2D eigenvalue weighted by Gasteiger charge is 2.07. The number of para-hydroxylation sites is 1. The summed E-state index contributed by atoms with van der Waals surface area (Å²) >= 11 is 5.93. The maximum atomic E-state index is 10.3. The van der Waals surface area contributed by atoms with Crippen LogP contribution in [0.1, 0.15) is 26.2 Å². The largest absolute Gasteiger partial charge is 0.489 e. The molecule has 0 saturated carbocycles. The summed E-state index contributed by atoms with van der Waals surface area (Å²) < 4.78 is 5.60. The van der Waals surface area contributed by atoms with Gasteiger partial charge in [0.25, 0.3) is 0 Å². The van der Waals surface area contributed by atoms with Crippen LogP contribution in [0, 0.1) is 0 Å². The lowest BCUT2D eigenvalue weighted by atomic mass is 10.2. The highest BCUT2D eigenvalue weighted by atomic mass is 35.5. The zero-order chi connectivity index (χ0) is 12.0. The third-order valence-corrected chi connectivity index (χ3v) is 2.48. The predicted molar refractivity (Wildman–Crippen MR) is 63.0 cm³/mol. The average Bonchev–Trinajstić information content (AvgIpc) is 2.21. The second kappa shape index (κ2) is 6.38. The Balaban J connectivity index is 2.37. The van der Waals surface area contributed by atoms with E-state index in [1.807, 2.05) is 19.1 Å². The van der Waals surface area contributed by atoms with E-state index in [0.29, 0.717) is 23.6 Å². The van der Waals surface area contributed by atoms with E-state index in [-0.39, 0.29) is 12.5 Å². The number of carbonyl (C=O) groups is 1. The maximum Gasteiger partial charge on any atom is 0.303 e. The molecule has 1 rings (SSSR count). The Hall–Kier alpha value is -1.22. The fourth-order valence-corrected chi connectivity index (χ4v) is 1.54. The molecule has 1 aromatic carbocycles. The van der Waals surface area contributed by atoms with E-state index in [1.165, 1.54) is 0 Å². The number of aliphatic carboxylic acids is 1. The molecule has 1 N–H and O–H groups in total. The Morgan fingerprint density at radius 2 is 2.19 bits per heavy atom. The van der Waals surface area contributed by atoms with Gasteiger partial charge in [-0.2, -0.15) is 0 Å². The third kappa shape index (κ3) is 4.53. The van der Waals surface area contributed by atoms with E-state index in [0.717, 1.165) is 0 Å². The van der Waals surface area contributed by atoms with Crippen molar-refractivity contribution in [3.05, 3.63) is 29.3 Å². The summed E-state index contributed by atoms with van der Waals surface area (Å²) in [4.78, 5) is 10.3. The van der Waals surface area contributed by atoms with E-state index in [2.05, 4.69) is 0 Å². The van der Waals surface area contributed by atoms with Gasteiger partial charge in [0.1, 0.15) is 5.75 Å². The first kappa shape index (κ1) is 12.8. The van der Waals surface area contributed by atoms with Crippen LogP contribution in [0.4, 0.5) is 0 Å². The van der Waals surface area contributed by atoms with E-state index in [4.69, 9.17) is 21.4 Å². The lowest BCUT2D eigenvalue weighted by Crippen LogP contribution is -2.12. The first-order valence-electron chi connectivity index (χ1n) is 5.22. The molecular formula is C12H15ClO3. The Bertz CT molecular complexity index is 352. The van der Waals surface area contributed by atoms with Crippen molar-refractivity contribution >= 4 is 17.6 Å². The highest BCUT2D eigenvalue weighted by molar-refractivity contribution is 6.32. The summed E-state index contributed by atoms with van der Waals surface area (Å²) in [6.45, 7) is 1.91. The molecule has 3 nitrogen and oxygen atoms in total. The Morgan fingerprint density at radius 3 is 2.81 bits per heavy atom. The van der Waals surface area contributed by atoms with Gasteiger partial charge in [0.05, 0.1) is 11.1 Å². The van der Waals surface area contributed by atoms with Crippen LogP contribution >= 0.6 is 11.6 Å². The Morgan fingerprint density at radius 1 is 1.50 bits per heavy atom. The standard InChI is InChI=1S/C12H15ClO3/c1-9(5-4-8-12(14)15)16-11-7-3-2-6-10(11)13/h2-3,6-7,9H,4-5,8H2,1H3,(H,14,15). The summed E-state index contributed by atoms with van der Waals surface area (Å²) in [7, 11) is 0. The summed E-state index contributed by atoms with van der Waals surface area (Å²) in [5.41, 5.74) is 0. The van der Waals surface area contributed by atoms with Crippen LogP contribution in [0.3, 0.4) is 0 Å². The Labute approximate surface area is 100.0 Å². The van der Waals surface area contributed by atoms with E-state index >= 15 is 0 Å². The second-order valence-electron chi connectivity index (χ2n) is 3.64. The van der Waals surface area contributed by atoms with Crippen molar-refractivity contribution < 1.29 is 14.6 Å². The number of hydrogen-bond donors (Lipinski definition) is 1. The fraction of sp³-hybridized carbons (Fsp3) is 0.417. The van der Waals surface area contributed by atoms with Crippen molar-refractivity contribution in [2.75, 3.05) is 0 Å². The van der Waals surface area contributed by atoms with Crippen molar-refractivity contribution in [2.45, 2.75) is 32.3 Å². The molecule has 0 heterocycles. The molecule has 0 spiro atoms. The van der Waals surface area contributed by atoms with Gasteiger partial charge in [-0.05, 0) is 31.9 Å². The summed E-state index contributed by atoms with van der Waals surface area (Å²) in [5, 5.41) is 9.07. The molecule has 0 aliphatic carbocycles. The minimum Gasteiger partial charge on any atom is -0.489 e. The molecule has 0 aliphatic rings. The van der Waals surface area contributed by atoms with Crippen LogP contribution < -0.4 is 4.74 Å². The van der Waals surface area contributed by atoms with Gasteiger partial charge >= 0.3 is 5.97 Å². The molecule has 1 aromatic rings. The van der Waals surface area contributed by atoms with Gasteiger partial charge < -0.3 is 9.84 Å². The summed E-state index contributed by atoms with van der Waals surface area (Å²) in [6.07, 6.45) is 1.47. The third-order valence-electron chi connectivity index (χ3n) is 2.17. The van der Waals surface area contributed by atoms with Crippen molar-refractivity contribution in [3.8, 4) is 5.75 Å². The topological polar surface area (TPSA) is 46.5 Å². The molecule has 1 unspecified atom stereocenters. The Kier molecular flexibility index (Phi) is 5.12. The number of benzene rings is 1. The van der Waals surface area contributed by atoms with Crippen LogP contribution in [0.2, 0.25) is 5.02 Å². The minimum atomic E-state index is -0.773. The molecule has 0 aliphatic heterocycles. The molecule has 0 bridgehead atoms. The lowest BCUT2D eigenvalue weighted by molar-refractivity contribution is -0.137. The molecule has 1 atom stereocenters. The zero-order valence-corrected chi connectivity index (χ0v) is 9.91. The molecule has 88 valence electrons. The summed E-state index contributed by atoms with van der Waals surface area (Å²) in [6, 6.07) is 7.26. The van der Waals surface area contributed by atoms with E-state index < -0.39 is 5.97 Å². The van der Waals surface area contributed by atoms with E-state index in [1.54, 1.807) is 12.1 Å². The fourth-order valence-electron chi connectivity index (χ4n) is 1.36. The predicted octanol–water partition coefficient (Wildman–Crippen LogP) is 3.36. The number of hydrogen-bond acceptors (Lipinski definition) is 2. The number of carboxylic acids is 1. The van der Waals surface area contributed by atoms with Gasteiger partial charge in [0.15, 0.2) is 0 Å². The van der Waals surface area contributed by atoms with E-state index in [9.17, 15) is 4.79 Å². The maximum absolute atomic E-state index is 10.3. The van der Waals surface area contributed by atoms with Gasteiger partial charge in [-0.3, -0.25) is 4.79 Å². The minimum absolute atomic E-state index is 0.0285. The normalized spacial score (nSPS) is 12.1. The van der Waals surface area contributed by atoms with Gasteiger partial charge in [-0.15, -0.1) is 0 Å². The second-order valence-corrected chi connectivity index (χ2v) is 4.05. The number of halogens is 1. The van der Waals surface area contributed by atoms with Crippen LogP contribution in [0.5, 0.6) is 5.75 Å². The van der Waals surface area contributed by atoms with Crippen LogP contribution in [0.15, 0.2) is 24.3 Å². The van der Waals surface area contributed by atoms with Gasteiger partial charge in [-0.25, -0.2) is 0 Å². The molecule has 0 aromatic heterocycles. The molecule has 16 heavy (non-hydrogen) atoms. The molecule has 4 heteroatoms. The van der Waals surface area contributed by atoms with Gasteiger partial charge in [-0.1, -0.05) is 23.7 Å². The number of rotatable bonds is 6. The van der Waals surface area contributed by atoms with Crippen LogP contribution in [-0.4, -0.2) is 17.2 Å². The van der Waals surface area contributed by atoms with Crippen LogP contribution in [0.25, 0.3) is 0 Å². The molecule has 0 amide bonds. The molecular weight excluding hydrogens is 228 g/mol. The monoisotopic (exact) mass is 242 g/mol. The van der Waals surface area contributed by atoms with Gasteiger partial charge in [0.2, 0.25) is 0 Å². The number of ether oxygens (including phenoxy) is 1. The van der Waals surface area contributed by atoms with Crippen molar-refractivity contribution in [3.63, 3.8) is 0 Å². The SMILES string of the molecule is CC(CCCC(=O)O)Oc1ccccc1Cl. The quantitative estimate of drug-likeness (QED) is 0.832. The first-order chi connectivity index (χ1) is 7.59. The van der Waals surface area contributed by atoms with Crippen molar-refractivity contribution in [1.82, 2.24) is 0 Å². The van der Waals surface area contributed by atoms with Crippen molar-refractivity contribution in [2.24, 2.45) is 0 Å². The smallest absolute Gasteiger partial charge is 0.303 e. The highest BCUT2D eigenvalue weighted by Crippen LogP contribution is 2.24.